The third kappa shape index (κ3) is 2.52. The molecule has 0 atom stereocenters. The van der Waals surface area contributed by atoms with Gasteiger partial charge in [-0.2, -0.15) is 0 Å². The van der Waals surface area contributed by atoms with E-state index in [2.05, 4.69) is 31.9 Å². The summed E-state index contributed by atoms with van der Waals surface area (Å²) in [5, 5.41) is 5.51. The molecule has 1 aromatic rings. The van der Waals surface area contributed by atoms with Gasteiger partial charge in [0, 0.05) is 9.80 Å². The maximum Gasteiger partial charge on any atom is 0.239 e. The van der Waals surface area contributed by atoms with Gasteiger partial charge in [-0.05, 0) is 27.6 Å². The van der Waals surface area contributed by atoms with Crippen molar-refractivity contribution >= 4 is 41.9 Å². The van der Waals surface area contributed by atoms with Crippen LogP contribution in [0.15, 0.2) is 27.6 Å². The molecule has 2 N–H and O–H groups in total. The molecular weight excluding hydrogens is 322 g/mol. The first-order valence-corrected chi connectivity index (χ1v) is 6.79. The number of halogens is 2. The SMILES string of the molecule is NS(=O)(=O)c1c(Br)cccc1CBr. The molecule has 0 aromatic heterocycles. The normalized spacial score (nSPS) is 11.6. The molecule has 72 valence electrons. The Morgan fingerprint density at radius 3 is 2.38 bits per heavy atom. The van der Waals surface area contributed by atoms with Crippen molar-refractivity contribution in [3.05, 3.63) is 28.2 Å². The first-order valence-electron chi connectivity index (χ1n) is 3.33. The Morgan fingerprint density at radius 2 is 2.00 bits per heavy atom. The van der Waals surface area contributed by atoms with Crippen molar-refractivity contribution in [3.8, 4) is 0 Å². The number of nitrogens with two attached hydrogens (primary N) is 1. The molecule has 0 saturated heterocycles. The van der Waals surface area contributed by atoms with Crippen molar-refractivity contribution < 1.29 is 8.42 Å². The molecule has 0 heterocycles. The van der Waals surface area contributed by atoms with Crippen LogP contribution < -0.4 is 5.14 Å². The highest BCUT2D eigenvalue weighted by atomic mass is 79.9. The van der Waals surface area contributed by atoms with Gasteiger partial charge in [-0.15, -0.1) is 0 Å². The molecule has 13 heavy (non-hydrogen) atoms. The van der Waals surface area contributed by atoms with Crippen LogP contribution >= 0.6 is 31.9 Å². The van der Waals surface area contributed by atoms with Crippen molar-refractivity contribution in [2.45, 2.75) is 10.2 Å². The minimum atomic E-state index is -3.65. The van der Waals surface area contributed by atoms with E-state index in [0.717, 1.165) is 0 Å². The van der Waals surface area contributed by atoms with Crippen LogP contribution in [-0.4, -0.2) is 8.42 Å². The predicted molar refractivity (Wildman–Crippen MR) is 58.1 cm³/mol. The smallest absolute Gasteiger partial charge is 0.225 e. The lowest BCUT2D eigenvalue weighted by molar-refractivity contribution is 0.596. The second-order valence-electron chi connectivity index (χ2n) is 2.41. The van der Waals surface area contributed by atoms with Gasteiger partial charge < -0.3 is 0 Å². The van der Waals surface area contributed by atoms with Crippen molar-refractivity contribution in [2.24, 2.45) is 5.14 Å². The average molecular weight is 329 g/mol. The second-order valence-corrected chi connectivity index (χ2v) is 5.32. The molecule has 1 aromatic carbocycles. The number of hydrogen-bond donors (Lipinski definition) is 1. The Labute approximate surface area is 93.6 Å². The highest BCUT2D eigenvalue weighted by Gasteiger charge is 2.16. The lowest BCUT2D eigenvalue weighted by Crippen LogP contribution is -2.14. The summed E-state index contributed by atoms with van der Waals surface area (Å²) in [5.74, 6) is 0. The number of benzene rings is 1. The largest absolute Gasteiger partial charge is 0.239 e. The minimum Gasteiger partial charge on any atom is -0.225 e. The standard InChI is InChI=1S/C7H7Br2NO2S/c8-4-5-2-1-3-6(9)7(5)13(10,11)12/h1-3H,4H2,(H2,10,11,12). The monoisotopic (exact) mass is 327 g/mol. The van der Waals surface area contributed by atoms with Crippen molar-refractivity contribution in [3.63, 3.8) is 0 Å². The Kier molecular flexibility index (Phi) is 3.50. The molecule has 0 amide bonds. The summed E-state index contributed by atoms with van der Waals surface area (Å²) in [4.78, 5) is 0.145. The van der Waals surface area contributed by atoms with Gasteiger partial charge in [0.15, 0.2) is 0 Å². The third-order valence-electron chi connectivity index (χ3n) is 1.48. The molecule has 1 rings (SSSR count). The van der Waals surface area contributed by atoms with Crippen LogP contribution in [0.5, 0.6) is 0 Å². The van der Waals surface area contributed by atoms with Crippen LogP contribution in [0.4, 0.5) is 0 Å². The maximum absolute atomic E-state index is 11.2. The number of alkyl halides is 1. The summed E-state index contributed by atoms with van der Waals surface area (Å²) in [6.07, 6.45) is 0. The summed E-state index contributed by atoms with van der Waals surface area (Å²) in [7, 11) is -3.65. The highest BCUT2D eigenvalue weighted by molar-refractivity contribution is 9.10. The van der Waals surface area contributed by atoms with E-state index in [9.17, 15) is 8.42 Å². The fraction of sp³-hybridized carbons (Fsp3) is 0.143. The average Bonchev–Trinajstić information content (AvgIpc) is 2.01. The zero-order valence-electron chi connectivity index (χ0n) is 6.50. The van der Waals surface area contributed by atoms with Crippen LogP contribution in [0.25, 0.3) is 0 Å². The Bertz CT molecular complexity index is 417. The zero-order valence-corrected chi connectivity index (χ0v) is 10.5. The molecule has 0 radical (unpaired) electrons. The van der Waals surface area contributed by atoms with Crippen LogP contribution in [0.3, 0.4) is 0 Å². The molecule has 0 bridgehead atoms. The van der Waals surface area contributed by atoms with E-state index in [4.69, 9.17) is 5.14 Å². The summed E-state index contributed by atoms with van der Waals surface area (Å²) in [6, 6.07) is 5.11. The second kappa shape index (κ2) is 4.08. The first kappa shape index (κ1) is 11.2. The van der Waals surface area contributed by atoms with Gasteiger partial charge >= 0.3 is 0 Å². The van der Waals surface area contributed by atoms with E-state index in [1.165, 1.54) is 0 Å². The van der Waals surface area contributed by atoms with E-state index < -0.39 is 10.0 Å². The van der Waals surface area contributed by atoms with Gasteiger partial charge in [-0.1, -0.05) is 28.1 Å². The number of hydrogen-bond acceptors (Lipinski definition) is 2. The molecule has 0 spiro atoms. The maximum atomic E-state index is 11.2. The van der Waals surface area contributed by atoms with Gasteiger partial charge in [0.1, 0.15) is 0 Å². The molecule has 3 nitrogen and oxygen atoms in total. The van der Waals surface area contributed by atoms with E-state index in [1.54, 1.807) is 18.2 Å². The predicted octanol–water partition coefficient (Wildman–Crippen LogP) is 1.99. The third-order valence-corrected chi connectivity index (χ3v) is 4.06. The van der Waals surface area contributed by atoms with Gasteiger partial charge in [0.05, 0.1) is 4.90 Å². The van der Waals surface area contributed by atoms with Crippen LogP contribution in [-0.2, 0) is 15.4 Å². The Morgan fingerprint density at radius 1 is 1.38 bits per heavy atom. The molecule has 0 aliphatic rings. The van der Waals surface area contributed by atoms with Gasteiger partial charge in [-0.3, -0.25) is 0 Å². The van der Waals surface area contributed by atoms with Gasteiger partial charge in [0.2, 0.25) is 10.0 Å². The Balaban J connectivity index is 3.50. The summed E-state index contributed by atoms with van der Waals surface area (Å²) in [5.41, 5.74) is 0.650. The van der Waals surface area contributed by atoms with E-state index >= 15 is 0 Å². The first-order chi connectivity index (χ1) is 5.96. The fourth-order valence-corrected chi connectivity index (χ4v) is 3.56. The topological polar surface area (TPSA) is 60.2 Å². The molecule has 0 aliphatic heterocycles. The molecule has 0 fully saturated rings. The van der Waals surface area contributed by atoms with Crippen molar-refractivity contribution in [2.75, 3.05) is 0 Å². The number of primary sulfonamides is 1. The molecule has 0 saturated carbocycles. The van der Waals surface area contributed by atoms with Crippen LogP contribution in [0.2, 0.25) is 0 Å². The molecule has 0 aliphatic carbocycles. The summed E-state index contributed by atoms with van der Waals surface area (Å²) in [6.45, 7) is 0. The van der Waals surface area contributed by atoms with Gasteiger partial charge in [-0.25, -0.2) is 13.6 Å². The molecule has 6 heteroatoms. The van der Waals surface area contributed by atoms with Crippen LogP contribution in [0.1, 0.15) is 5.56 Å². The van der Waals surface area contributed by atoms with E-state index in [1.807, 2.05) is 0 Å². The summed E-state index contributed by atoms with van der Waals surface area (Å²) >= 11 is 6.34. The quantitative estimate of drug-likeness (QED) is 0.844. The van der Waals surface area contributed by atoms with E-state index in [-0.39, 0.29) is 4.90 Å². The number of sulfonamides is 1. The Hall–Kier alpha value is 0.0900. The highest BCUT2D eigenvalue weighted by Crippen LogP contribution is 2.25. The lowest BCUT2D eigenvalue weighted by atomic mass is 10.2. The summed E-state index contributed by atoms with van der Waals surface area (Å²) < 4.78 is 22.8. The molecule has 0 unspecified atom stereocenters. The minimum absolute atomic E-state index is 0.145. The lowest BCUT2D eigenvalue weighted by Gasteiger charge is -2.06. The zero-order chi connectivity index (χ0) is 10.1. The van der Waals surface area contributed by atoms with Crippen LogP contribution in [0, 0.1) is 0 Å². The number of rotatable bonds is 2. The molecular formula is C7H7Br2NO2S. The van der Waals surface area contributed by atoms with Gasteiger partial charge in [0.25, 0.3) is 0 Å². The van der Waals surface area contributed by atoms with Crippen molar-refractivity contribution in [1.29, 1.82) is 0 Å². The fourth-order valence-electron chi connectivity index (χ4n) is 0.977. The van der Waals surface area contributed by atoms with Crippen molar-refractivity contribution in [1.82, 2.24) is 0 Å². The van der Waals surface area contributed by atoms with E-state index in [0.29, 0.717) is 15.4 Å².